The maximum atomic E-state index is 13.2. The minimum atomic E-state index is -3.66. The minimum Gasteiger partial charge on any atom is -0.309 e. The molecule has 0 unspecified atom stereocenters. The SMILES string of the molecule is Cc1ccc(S(=O)(=O)N(CCCN(C)C)Cc2ccccc2)c(Cl)c1. The van der Waals surface area contributed by atoms with E-state index in [1.165, 1.54) is 4.31 Å². The first kappa shape index (κ1) is 19.9. The van der Waals surface area contributed by atoms with E-state index in [0.29, 0.717) is 13.1 Å². The highest BCUT2D eigenvalue weighted by atomic mass is 35.5. The summed E-state index contributed by atoms with van der Waals surface area (Å²) in [6, 6.07) is 14.7. The van der Waals surface area contributed by atoms with Crippen molar-refractivity contribution in [1.82, 2.24) is 9.21 Å². The second-order valence-corrected chi connectivity index (χ2v) is 8.73. The van der Waals surface area contributed by atoms with Gasteiger partial charge in [0.25, 0.3) is 0 Å². The second kappa shape index (κ2) is 8.81. The number of hydrogen-bond acceptors (Lipinski definition) is 3. The molecule has 4 nitrogen and oxygen atoms in total. The Labute approximate surface area is 156 Å². The number of nitrogens with zero attached hydrogens (tertiary/aromatic N) is 2. The number of halogens is 1. The molecule has 0 bridgehead atoms. The van der Waals surface area contributed by atoms with Crippen LogP contribution in [0.15, 0.2) is 53.4 Å². The lowest BCUT2D eigenvalue weighted by Crippen LogP contribution is -2.33. The van der Waals surface area contributed by atoms with E-state index in [1.807, 2.05) is 56.3 Å². The van der Waals surface area contributed by atoms with Gasteiger partial charge in [0.2, 0.25) is 10.0 Å². The molecule has 0 fully saturated rings. The van der Waals surface area contributed by atoms with Crippen molar-refractivity contribution < 1.29 is 8.42 Å². The van der Waals surface area contributed by atoms with Crippen LogP contribution in [0.25, 0.3) is 0 Å². The summed E-state index contributed by atoms with van der Waals surface area (Å²) in [5, 5.41) is 0.269. The summed E-state index contributed by atoms with van der Waals surface area (Å²) in [4.78, 5) is 2.21. The van der Waals surface area contributed by atoms with Crippen molar-refractivity contribution in [2.45, 2.75) is 24.8 Å². The number of aryl methyl sites for hydroxylation is 1. The maximum absolute atomic E-state index is 13.2. The Kier molecular flexibility index (Phi) is 7.02. The summed E-state index contributed by atoms with van der Waals surface area (Å²) in [6.07, 6.45) is 0.753. The van der Waals surface area contributed by atoms with E-state index < -0.39 is 10.0 Å². The normalized spacial score (nSPS) is 12.1. The van der Waals surface area contributed by atoms with Crippen LogP contribution in [-0.4, -0.2) is 44.8 Å². The van der Waals surface area contributed by atoms with Gasteiger partial charge < -0.3 is 4.90 Å². The zero-order valence-electron chi connectivity index (χ0n) is 14.9. The lowest BCUT2D eigenvalue weighted by molar-refractivity contribution is 0.346. The molecule has 6 heteroatoms. The van der Waals surface area contributed by atoms with Crippen LogP contribution in [0.5, 0.6) is 0 Å². The van der Waals surface area contributed by atoms with E-state index >= 15 is 0 Å². The van der Waals surface area contributed by atoms with Gasteiger partial charge >= 0.3 is 0 Å². The molecule has 0 heterocycles. The number of benzene rings is 2. The standard InChI is InChI=1S/C19H25ClN2O2S/c1-16-10-11-19(18(20)14-16)25(23,24)22(13-7-12-21(2)3)15-17-8-5-4-6-9-17/h4-6,8-11,14H,7,12-13,15H2,1-3H3. The fourth-order valence-electron chi connectivity index (χ4n) is 2.59. The van der Waals surface area contributed by atoms with Gasteiger partial charge in [-0.1, -0.05) is 48.0 Å². The van der Waals surface area contributed by atoms with Gasteiger partial charge in [-0.25, -0.2) is 8.42 Å². The van der Waals surface area contributed by atoms with Gasteiger partial charge in [0.1, 0.15) is 4.90 Å². The zero-order chi connectivity index (χ0) is 18.4. The lowest BCUT2D eigenvalue weighted by atomic mass is 10.2. The van der Waals surface area contributed by atoms with Crippen LogP contribution in [0.2, 0.25) is 5.02 Å². The first-order valence-electron chi connectivity index (χ1n) is 8.25. The monoisotopic (exact) mass is 380 g/mol. The van der Waals surface area contributed by atoms with Crippen LogP contribution in [0.4, 0.5) is 0 Å². The van der Waals surface area contributed by atoms with Crippen LogP contribution >= 0.6 is 11.6 Å². The third-order valence-electron chi connectivity index (χ3n) is 3.92. The van der Waals surface area contributed by atoms with Gasteiger partial charge in [0.15, 0.2) is 0 Å². The first-order chi connectivity index (χ1) is 11.8. The molecule has 0 aliphatic heterocycles. The smallest absolute Gasteiger partial charge is 0.244 e. The van der Waals surface area contributed by atoms with Crippen molar-refractivity contribution in [1.29, 1.82) is 0 Å². The van der Waals surface area contributed by atoms with Gasteiger partial charge in [0.05, 0.1) is 5.02 Å². The molecule has 2 aromatic carbocycles. The largest absolute Gasteiger partial charge is 0.309 e. The molecule has 0 spiro atoms. The molecule has 0 aliphatic rings. The highest BCUT2D eigenvalue weighted by Gasteiger charge is 2.26. The van der Waals surface area contributed by atoms with E-state index in [9.17, 15) is 8.42 Å². The predicted octanol–water partition coefficient (Wildman–Crippen LogP) is 3.79. The molecule has 136 valence electrons. The van der Waals surface area contributed by atoms with E-state index in [-0.39, 0.29) is 9.92 Å². The van der Waals surface area contributed by atoms with E-state index in [4.69, 9.17) is 11.6 Å². The van der Waals surface area contributed by atoms with Crippen LogP contribution in [0.1, 0.15) is 17.5 Å². The lowest BCUT2D eigenvalue weighted by Gasteiger charge is -2.24. The summed E-state index contributed by atoms with van der Waals surface area (Å²) in [5.74, 6) is 0. The molecule has 0 radical (unpaired) electrons. The van der Waals surface area contributed by atoms with Crippen molar-refractivity contribution >= 4 is 21.6 Å². The molecule has 0 saturated carbocycles. The summed E-state index contributed by atoms with van der Waals surface area (Å²) in [6.45, 7) is 3.49. The number of sulfonamides is 1. The van der Waals surface area contributed by atoms with Gasteiger partial charge in [0, 0.05) is 13.1 Å². The quantitative estimate of drug-likeness (QED) is 0.699. The summed E-state index contributed by atoms with van der Waals surface area (Å²) >= 11 is 6.23. The summed E-state index contributed by atoms with van der Waals surface area (Å²) < 4.78 is 27.9. The van der Waals surface area contributed by atoms with E-state index in [2.05, 4.69) is 0 Å². The van der Waals surface area contributed by atoms with Crippen molar-refractivity contribution in [2.24, 2.45) is 0 Å². The van der Waals surface area contributed by atoms with E-state index in [0.717, 1.165) is 24.1 Å². The Hall–Kier alpha value is -1.40. The minimum absolute atomic E-state index is 0.167. The Morgan fingerprint density at radius 2 is 1.68 bits per heavy atom. The third kappa shape index (κ3) is 5.54. The van der Waals surface area contributed by atoms with Crippen molar-refractivity contribution in [2.75, 3.05) is 27.2 Å². The number of hydrogen-bond donors (Lipinski definition) is 0. The van der Waals surface area contributed by atoms with Gasteiger partial charge in [-0.3, -0.25) is 0 Å². The van der Waals surface area contributed by atoms with Gasteiger partial charge in [-0.05, 0) is 57.2 Å². The van der Waals surface area contributed by atoms with Crippen molar-refractivity contribution in [3.05, 3.63) is 64.7 Å². The Bertz CT molecular complexity index is 792. The summed E-state index contributed by atoms with van der Waals surface area (Å²) in [5.41, 5.74) is 1.89. The van der Waals surface area contributed by atoms with Crippen LogP contribution < -0.4 is 0 Å². The highest BCUT2D eigenvalue weighted by Crippen LogP contribution is 2.27. The molecule has 0 N–H and O–H groups in total. The highest BCUT2D eigenvalue weighted by molar-refractivity contribution is 7.89. The molecule has 0 aromatic heterocycles. The van der Waals surface area contributed by atoms with E-state index in [1.54, 1.807) is 18.2 Å². The molecule has 2 aromatic rings. The maximum Gasteiger partial charge on any atom is 0.244 e. The second-order valence-electron chi connectivity index (χ2n) is 6.41. The average molecular weight is 381 g/mol. The molecule has 0 aliphatic carbocycles. The molecule has 0 atom stereocenters. The molecular formula is C19H25ClN2O2S. The van der Waals surface area contributed by atoms with Crippen molar-refractivity contribution in [3.8, 4) is 0 Å². The fraction of sp³-hybridized carbons (Fsp3) is 0.368. The molecule has 25 heavy (non-hydrogen) atoms. The summed E-state index contributed by atoms with van der Waals surface area (Å²) in [7, 11) is 0.296. The molecule has 0 saturated heterocycles. The molecule has 2 rings (SSSR count). The average Bonchev–Trinajstić information content (AvgIpc) is 2.54. The third-order valence-corrected chi connectivity index (χ3v) is 6.25. The first-order valence-corrected chi connectivity index (χ1v) is 10.1. The molecule has 0 amide bonds. The Balaban J connectivity index is 2.31. The Morgan fingerprint density at radius 1 is 1.00 bits per heavy atom. The zero-order valence-corrected chi connectivity index (χ0v) is 16.5. The van der Waals surface area contributed by atoms with Crippen LogP contribution in [0, 0.1) is 6.92 Å². The van der Waals surface area contributed by atoms with Crippen LogP contribution in [0.3, 0.4) is 0 Å². The number of rotatable bonds is 8. The molecular weight excluding hydrogens is 356 g/mol. The van der Waals surface area contributed by atoms with Crippen LogP contribution in [-0.2, 0) is 16.6 Å². The topological polar surface area (TPSA) is 40.6 Å². The van der Waals surface area contributed by atoms with Gasteiger partial charge in [-0.15, -0.1) is 0 Å². The Morgan fingerprint density at radius 3 is 2.28 bits per heavy atom. The predicted molar refractivity (Wildman–Crippen MR) is 103 cm³/mol. The fourth-order valence-corrected chi connectivity index (χ4v) is 4.63. The van der Waals surface area contributed by atoms with Crippen molar-refractivity contribution in [3.63, 3.8) is 0 Å². The van der Waals surface area contributed by atoms with Gasteiger partial charge in [-0.2, -0.15) is 4.31 Å².